The monoisotopic (exact) mass is 284 g/mol. The van der Waals surface area contributed by atoms with Crippen LogP contribution >= 0.6 is 11.6 Å². The van der Waals surface area contributed by atoms with Gasteiger partial charge >= 0.3 is 0 Å². The Morgan fingerprint density at radius 2 is 2.21 bits per heavy atom. The van der Waals surface area contributed by atoms with E-state index >= 15 is 0 Å². The standard InChI is InChI=1S/C15H22ClFN2/c1-2-7-19(10-11-3-4-11)15(9-18)12-5-6-13(16)14(17)8-12/h5-6,8,11,15H,2-4,7,9-10,18H2,1H3. The van der Waals surface area contributed by atoms with E-state index in [0.717, 1.165) is 31.0 Å². The molecule has 1 aliphatic carbocycles. The summed E-state index contributed by atoms with van der Waals surface area (Å²) in [5.74, 6) is 0.443. The van der Waals surface area contributed by atoms with E-state index in [2.05, 4.69) is 11.8 Å². The molecule has 1 aliphatic rings. The third-order valence-corrected chi connectivity index (χ3v) is 4.00. The van der Waals surface area contributed by atoms with Crippen molar-refractivity contribution in [3.8, 4) is 0 Å². The predicted molar refractivity (Wildman–Crippen MR) is 77.8 cm³/mol. The van der Waals surface area contributed by atoms with Gasteiger partial charge in [0.15, 0.2) is 0 Å². The second-order valence-corrected chi connectivity index (χ2v) is 5.77. The average molecular weight is 285 g/mol. The van der Waals surface area contributed by atoms with Crippen LogP contribution in [-0.2, 0) is 0 Å². The van der Waals surface area contributed by atoms with Gasteiger partial charge in [0.05, 0.1) is 5.02 Å². The Labute approximate surface area is 119 Å². The predicted octanol–water partition coefficient (Wildman–Crippen LogP) is 3.60. The highest BCUT2D eigenvalue weighted by atomic mass is 35.5. The smallest absolute Gasteiger partial charge is 0.142 e. The fourth-order valence-corrected chi connectivity index (χ4v) is 2.63. The molecule has 0 spiro atoms. The van der Waals surface area contributed by atoms with Gasteiger partial charge in [-0.1, -0.05) is 24.6 Å². The van der Waals surface area contributed by atoms with Crippen LogP contribution in [0.1, 0.15) is 37.8 Å². The molecule has 0 aliphatic heterocycles. The summed E-state index contributed by atoms with van der Waals surface area (Å²) in [7, 11) is 0. The molecule has 0 radical (unpaired) electrons. The second-order valence-electron chi connectivity index (χ2n) is 5.36. The van der Waals surface area contributed by atoms with Gasteiger partial charge in [0.1, 0.15) is 5.82 Å². The number of benzene rings is 1. The van der Waals surface area contributed by atoms with Crippen LogP contribution in [0, 0.1) is 11.7 Å². The molecule has 0 aromatic heterocycles. The van der Waals surface area contributed by atoms with Crippen LogP contribution in [0.2, 0.25) is 5.02 Å². The topological polar surface area (TPSA) is 29.3 Å². The lowest BCUT2D eigenvalue weighted by atomic mass is 10.0. The summed E-state index contributed by atoms with van der Waals surface area (Å²) in [6.07, 6.45) is 3.71. The fraction of sp³-hybridized carbons (Fsp3) is 0.600. The number of halogens is 2. The Morgan fingerprint density at radius 3 is 2.74 bits per heavy atom. The van der Waals surface area contributed by atoms with Crippen molar-refractivity contribution >= 4 is 11.6 Å². The minimum atomic E-state index is -0.361. The highest BCUT2D eigenvalue weighted by Crippen LogP contribution is 2.33. The summed E-state index contributed by atoms with van der Waals surface area (Å²) in [5.41, 5.74) is 6.85. The quantitative estimate of drug-likeness (QED) is 0.829. The Bertz CT molecular complexity index is 421. The van der Waals surface area contributed by atoms with Crippen LogP contribution < -0.4 is 5.73 Å². The van der Waals surface area contributed by atoms with Crippen LogP contribution in [0.15, 0.2) is 18.2 Å². The lowest BCUT2D eigenvalue weighted by Crippen LogP contribution is -2.36. The Hall–Kier alpha value is -0.640. The van der Waals surface area contributed by atoms with Crippen molar-refractivity contribution in [2.24, 2.45) is 11.7 Å². The lowest BCUT2D eigenvalue weighted by molar-refractivity contribution is 0.193. The van der Waals surface area contributed by atoms with E-state index in [0.29, 0.717) is 6.54 Å². The van der Waals surface area contributed by atoms with Gasteiger partial charge in [-0.15, -0.1) is 0 Å². The molecule has 1 unspecified atom stereocenters. The van der Waals surface area contributed by atoms with E-state index in [1.54, 1.807) is 6.07 Å². The summed E-state index contributed by atoms with van der Waals surface area (Å²) in [4.78, 5) is 2.39. The average Bonchev–Trinajstić information content (AvgIpc) is 3.19. The minimum absolute atomic E-state index is 0.0901. The van der Waals surface area contributed by atoms with Gasteiger partial charge in [-0.25, -0.2) is 4.39 Å². The van der Waals surface area contributed by atoms with Crippen molar-refractivity contribution in [3.05, 3.63) is 34.6 Å². The highest BCUT2D eigenvalue weighted by Gasteiger charge is 2.28. The maximum Gasteiger partial charge on any atom is 0.142 e. The Balaban J connectivity index is 2.16. The summed E-state index contributed by atoms with van der Waals surface area (Å²) in [5, 5.41) is 0.170. The summed E-state index contributed by atoms with van der Waals surface area (Å²) in [6.45, 7) is 4.74. The molecule has 1 aromatic rings. The largest absolute Gasteiger partial charge is 0.329 e. The zero-order chi connectivity index (χ0) is 13.8. The van der Waals surface area contributed by atoms with Gasteiger partial charge in [-0.2, -0.15) is 0 Å². The first kappa shape index (κ1) is 14.8. The molecule has 106 valence electrons. The number of nitrogens with two attached hydrogens (primary N) is 1. The van der Waals surface area contributed by atoms with E-state index in [1.807, 2.05) is 6.07 Å². The van der Waals surface area contributed by atoms with Crippen LogP contribution in [0.5, 0.6) is 0 Å². The molecule has 19 heavy (non-hydrogen) atoms. The number of nitrogens with zero attached hydrogens (tertiary/aromatic N) is 1. The van der Waals surface area contributed by atoms with Gasteiger partial charge in [-0.05, 0) is 49.4 Å². The normalized spacial score (nSPS) is 16.9. The van der Waals surface area contributed by atoms with Crippen LogP contribution in [0.4, 0.5) is 4.39 Å². The first-order valence-electron chi connectivity index (χ1n) is 7.04. The SMILES string of the molecule is CCCN(CC1CC1)C(CN)c1ccc(Cl)c(F)c1. The molecule has 2 N–H and O–H groups in total. The van der Waals surface area contributed by atoms with Gasteiger partial charge in [0.25, 0.3) is 0 Å². The van der Waals surface area contributed by atoms with Gasteiger partial charge < -0.3 is 5.73 Å². The Kier molecular flexibility index (Phi) is 5.20. The van der Waals surface area contributed by atoms with Gasteiger partial charge in [-0.3, -0.25) is 4.90 Å². The van der Waals surface area contributed by atoms with Crippen LogP contribution in [-0.4, -0.2) is 24.5 Å². The molecule has 1 fully saturated rings. The molecule has 0 saturated heterocycles. The lowest BCUT2D eigenvalue weighted by Gasteiger charge is -2.31. The van der Waals surface area contributed by atoms with Crippen molar-refractivity contribution in [1.29, 1.82) is 0 Å². The van der Waals surface area contributed by atoms with E-state index < -0.39 is 0 Å². The minimum Gasteiger partial charge on any atom is -0.329 e. The molecule has 0 amide bonds. The zero-order valence-corrected chi connectivity index (χ0v) is 12.2. The summed E-state index contributed by atoms with van der Waals surface area (Å²) in [6, 6.07) is 5.12. The maximum atomic E-state index is 13.6. The molecular weight excluding hydrogens is 263 g/mol. The molecule has 2 rings (SSSR count). The van der Waals surface area contributed by atoms with Crippen molar-refractivity contribution in [2.75, 3.05) is 19.6 Å². The second kappa shape index (κ2) is 6.69. The van der Waals surface area contributed by atoms with Gasteiger partial charge in [0, 0.05) is 19.1 Å². The maximum absolute atomic E-state index is 13.6. The van der Waals surface area contributed by atoms with E-state index in [9.17, 15) is 4.39 Å². The molecule has 1 aromatic carbocycles. The third kappa shape index (κ3) is 3.91. The van der Waals surface area contributed by atoms with E-state index in [1.165, 1.54) is 18.9 Å². The molecule has 0 heterocycles. The molecular formula is C15H22ClFN2. The van der Waals surface area contributed by atoms with Crippen molar-refractivity contribution in [1.82, 2.24) is 4.90 Å². The van der Waals surface area contributed by atoms with Crippen LogP contribution in [0.3, 0.4) is 0 Å². The molecule has 2 nitrogen and oxygen atoms in total. The highest BCUT2D eigenvalue weighted by molar-refractivity contribution is 6.30. The molecule has 1 atom stereocenters. The summed E-state index contributed by atoms with van der Waals surface area (Å²) < 4.78 is 13.6. The first-order chi connectivity index (χ1) is 9.15. The Morgan fingerprint density at radius 1 is 1.47 bits per heavy atom. The van der Waals surface area contributed by atoms with Crippen molar-refractivity contribution in [2.45, 2.75) is 32.2 Å². The zero-order valence-electron chi connectivity index (χ0n) is 11.4. The number of rotatable bonds is 7. The number of hydrogen-bond acceptors (Lipinski definition) is 2. The molecule has 0 bridgehead atoms. The summed E-state index contributed by atoms with van der Waals surface area (Å²) >= 11 is 5.74. The third-order valence-electron chi connectivity index (χ3n) is 3.69. The van der Waals surface area contributed by atoms with Crippen molar-refractivity contribution in [3.63, 3.8) is 0 Å². The van der Waals surface area contributed by atoms with Crippen LogP contribution in [0.25, 0.3) is 0 Å². The van der Waals surface area contributed by atoms with E-state index in [4.69, 9.17) is 17.3 Å². The first-order valence-corrected chi connectivity index (χ1v) is 7.42. The van der Waals surface area contributed by atoms with E-state index in [-0.39, 0.29) is 16.9 Å². The fourth-order valence-electron chi connectivity index (χ4n) is 2.51. The van der Waals surface area contributed by atoms with Crippen molar-refractivity contribution < 1.29 is 4.39 Å². The van der Waals surface area contributed by atoms with Gasteiger partial charge in [0.2, 0.25) is 0 Å². The molecule has 1 saturated carbocycles. The number of hydrogen-bond donors (Lipinski definition) is 1. The molecule has 4 heteroatoms.